The molecule has 4 heteroatoms. The zero-order chi connectivity index (χ0) is 12.7. The third-order valence-electron chi connectivity index (χ3n) is 2.92. The van der Waals surface area contributed by atoms with Gasteiger partial charge in [0.2, 0.25) is 0 Å². The van der Waals surface area contributed by atoms with Crippen molar-refractivity contribution in [2.45, 2.75) is 19.8 Å². The fourth-order valence-corrected chi connectivity index (χ4v) is 1.66. The highest BCUT2D eigenvalue weighted by Crippen LogP contribution is 2.09. The lowest BCUT2D eigenvalue weighted by molar-refractivity contribution is 0.471. The van der Waals surface area contributed by atoms with Crippen molar-refractivity contribution in [2.75, 3.05) is 19.6 Å². The van der Waals surface area contributed by atoms with Crippen molar-refractivity contribution < 1.29 is 8.78 Å². The van der Waals surface area contributed by atoms with Crippen molar-refractivity contribution >= 4 is 0 Å². The van der Waals surface area contributed by atoms with Gasteiger partial charge in [-0.3, -0.25) is 0 Å². The Labute approximate surface area is 101 Å². The van der Waals surface area contributed by atoms with Gasteiger partial charge < -0.3 is 11.1 Å². The molecule has 0 radical (unpaired) electrons. The lowest BCUT2D eigenvalue weighted by atomic mass is 10.1. The molecule has 0 saturated carbocycles. The third-order valence-corrected chi connectivity index (χ3v) is 2.92. The number of hydrogen-bond acceptors (Lipinski definition) is 2. The van der Waals surface area contributed by atoms with Crippen LogP contribution in [0.5, 0.6) is 0 Å². The Balaban J connectivity index is 2.33. The van der Waals surface area contributed by atoms with Gasteiger partial charge in [-0.1, -0.05) is 13.3 Å². The molecule has 0 aliphatic rings. The summed E-state index contributed by atoms with van der Waals surface area (Å²) in [6.07, 6.45) is 1.52. The number of nitrogens with two attached hydrogens (primary N) is 1. The molecule has 0 aliphatic heterocycles. The van der Waals surface area contributed by atoms with Crippen LogP contribution in [0.2, 0.25) is 0 Å². The van der Waals surface area contributed by atoms with E-state index in [9.17, 15) is 8.78 Å². The van der Waals surface area contributed by atoms with Crippen molar-refractivity contribution in [3.63, 3.8) is 0 Å². The lowest BCUT2D eigenvalue weighted by Gasteiger charge is -2.13. The van der Waals surface area contributed by atoms with Gasteiger partial charge in [0.25, 0.3) is 0 Å². The fraction of sp³-hybridized carbons (Fsp3) is 0.538. The number of rotatable bonds is 7. The molecular weight excluding hydrogens is 222 g/mol. The second-order valence-corrected chi connectivity index (χ2v) is 4.20. The number of nitrogens with one attached hydrogen (secondary N) is 1. The molecule has 0 aliphatic carbocycles. The van der Waals surface area contributed by atoms with Crippen molar-refractivity contribution in [1.29, 1.82) is 0 Å². The predicted molar refractivity (Wildman–Crippen MR) is 65.8 cm³/mol. The topological polar surface area (TPSA) is 38.0 Å². The van der Waals surface area contributed by atoms with Crippen LogP contribution in [0, 0.1) is 17.6 Å². The van der Waals surface area contributed by atoms with Crippen molar-refractivity contribution in [3.05, 3.63) is 35.4 Å². The summed E-state index contributed by atoms with van der Waals surface area (Å²) in [5, 5.41) is 3.21. The smallest absolute Gasteiger partial charge is 0.126 e. The minimum Gasteiger partial charge on any atom is -0.330 e. The lowest BCUT2D eigenvalue weighted by Crippen LogP contribution is -2.29. The Bertz CT molecular complexity index is 338. The van der Waals surface area contributed by atoms with E-state index in [1.54, 1.807) is 0 Å². The average Bonchev–Trinajstić information content (AvgIpc) is 2.33. The Kier molecular flexibility index (Phi) is 6.08. The summed E-state index contributed by atoms with van der Waals surface area (Å²) < 4.78 is 26.2. The van der Waals surface area contributed by atoms with Crippen LogP contribution in [0.25, 0.3) is 0 Å². The average molecular weight is 242 g/mol. The second-order valence-electron chi connectivity index (χ2n) is 4.20. The fourth-order valence-electron chi connectivity index (χ4n) is 1.66. The SMILES string of the molecule is CCC(CN)CNCCc1cc(F)ccc1F. The Morgan fingerprint density at radius 1 is 1.35 bits per heavy atom. The van der Waals surface area contributed by atoms with Crippen LogP contribution in [0.4, 0.5) is 8.78 Å². The highest BCUT2D eigenvalue weighted by atomic mass is 19.1. The number of halogens is 2. The molecular formula is C13H20F2N2. The van der Waals surface area contributed by atoms with E-state index in [-0.39, 0.29) is 5.82 Å². The second kappa shape index (κ2) is 7.35. The molecule has 0 spiro atoms. The quantitative estimate of drug-likeness (QED) is 0.718. The van der Waals surface area contributed by atoms with Crippen LogP contribution in [0.3, 0.4) is 0 Å². The number of hydrogen-bond donors (Lipinski definition) is 2. The van der Waals surface area contributed by atoms with Crippen LogP contribution < -0.4 is 11.1 Å². The molecule has 0 bridgehead atoms. The molecule has 1 rings (SSSR count). The van der Waals surface area contributed by atoms with Crippen LogP contribution in [-0.4, -0.2) is 19.6 Å². The molecule has 2 nitrogen and oxygen atoms in total. The maximum absolute atomic E-state index is 13.3. The molecule has 0 fully saturated rings. The summed E-state index contributed by atoms with van der Waals surface area (Å²) in [7, 11) is 0. The Morgan fingerprint density at radius 3 is 2.76 bits per heavy atom. The van der Waals surface area contributed by atoms with E-state index in [1.165, 1.54) is 12.1 Å². The van der Waals surface area contributed by atoms with Gasteiger partial charge in [-0.2, -0.15) is 0 Å². The normalized spacial score (nSPS) is 12.7. The monoisotopic (exact) mass is 242 g/mol. The van der Waals surface area contributed by atoms with Crippen molar-refractivity contribution in [2.24, 2.45) is 11.7 Å². The van der Waals surface area contributed by atoms with Crippen molar-refractivity contribution in [1.82, 2.24) is 5.32 Å². The van der Waals surface area contributed by atoms with Gasteiger partial charge in [-0.25, -0.2) is 8.78 Å². The van der Waals surface area contributed by atoms with Crippen LogP contribution in [-0.2, 0) is 6.42 Å². The zero-order valence-corrected chi connectivity index (χ0v) is 10.2. The van der Waals surface area contributed by atoms with Gasteiger partial charge in [0, 0.05) is 0 Å². The molecule has 0 saturated heterocycles. The highest BCUT2D eigenvalue weighted by molar-refractivity contribution is 5.18. The maximum Gasteiger partial charge on any atom is 0.126 e. The first-order valence-electron chi connectivity index (χ1n) is 6.02. The minimum absolute atomic E-state index is 0.348. The first kappa shape index (κ1) is 14.1. The van der Waals surface area contributed by atoms with Crippen LogP contribution in [0.15, 0.2) is 18.2 Å². The van der Waals surface area contributed by atoms with Gasteiger partial charge in [-0.05, 0) is 55.7 Å². The van der Waals surface area contributed by atoms with Gasteiger partial charge in [0.1, 0.15) is 11.6 Å². The summed E-state index contributed by atoms with van der Waals surface area (Å²) in [5.74, 6) is -0.291. The molecule has 0 aromatic heterocycles. The Hall–Kier alpha value is -1.00. The zero-order valence-electron chi connectivity index (χ0n) is 10.2. The summed E-state index contributed by atoms with van der Waals surface area (Å²) in [4.78, 5) is 0. The summed E-state index contributed by atoms with van der Waals surface area (Å²) >= 11 is 0. The molecule has 0 amide bonds. The largest absolute Gasteiger partial charge is 0.330 e. The molecule has 1 unspecified atom stereocenters. The third kappa shape index (κ3) is 4.79. The van der Waals surface area contributed by atoms with E-state index < -0.39 is 5.82 Å². The van der Waals surface area contributed by atoms with Crippen LogP contribution >= 0.6 is 0 Å². The molecule has 1 aromatic rings. The van der Waals surface area contributed by atoms with Gasteiger partial charge in [-0.15, -0.1) is 0 Å². The minimum atomic E-state index is -0.394. The molecule has 3 N–H and O–H groups in total. The summed E-state index contributed by atoms with van der Waals surface area (Å²) in [6.45, 7) is 4.20. The summed E-state index contributed by atoms with van der Waals surface area (Å²) in [5.41, 5.74) is 5.99. The predicted octanol–water partition coefficient (Wildman–Crippen LogP) is 2.08. The highest BCUT2D eigenvalue weighted by Gasteiger charge is 2.05. The molecule has 1 aromatic carbocycles. The molecule has 96 valence electrons. The van der Waals surface area contributed by atoms with Gasteiger partial charge in [0.15, 0.2) is 0 Å². The van der Waals surface area contributed by atoms with Crippen LogP contribution in [0.1, 0.15) is 18.9 Å². The first-order valence-corrected chi connectivity index (χ1v) is 6.02. The van der Waals surface area contributed by atoms with E-state index in [0.29, 0.717) is 31.0 Å². The number of benzene rings is 1. The maximum atomic E-state index is 13.3. The van der Waals surface area contributed by atoms with E-state index in [1.807, 2.05) is 0 Å². The van der Waals surface area contributed by atoms with Gasteiger partial charge >= 0.3 is 0 Å². The molecule has 0 heterocycles. The van der Waals surface area contributed by atoms with E-state index in [4.69, 9.17) is 5.73 Å². The molecule has 1 atom stereocenters. The standard InChI is InChI=1S/C13H20F2N2/c1-2-10(8-16)9-17-6-5-11-7-12(14)3-4-13(11)15/h3-4,7,10,17H,2,5-6,8-9,16H2,1H3. The Morgan fingerprint density at radius 2 is 2.12 bits per heavy atom. The first-order chi connectivity index (χ1) is 8.17. The van der Waals surface area contributed by atoms with E-state index in [0.717, 1.165) is 19.0 Å². The van der Waals surface area contributed by atoms with E-state index in [2.05, 4.69) is 12.2 Å². The molecule has 17 heavy (non-hydrogen) atoms. The van der Waals surface area contributed by atoms with E-state index >= 15 is 0 Å². The van der Waals surface area contributed by atoms with Gasteiger partial charge in [0.05, 0.1) is 0 Å². The van der Waals surface area contributed by atoms with Crippen molar-refractivity contribution in [3.8, 4) is 0 Å². The summed E-state index contributed by atoms with van der Waals surface area (Å²) in [6, 6.07) is 3.55.